The van der Waals surface area contributed by atoms with Crippen LogP contribution in [-0.2, 0) is 0 Å². The van der Waals surface area contributed by atoms with Gasteiger partial charge in [-0.15, -0.1) is 5.10 Å². The van der Waals surface area contributed by atoms with E-state index in [1.54, 1.807) is 11.8 Å². The van der Waals surface area contributed by atoms with Crippen LogP contribution in [-0.4, -0.2) is 20.9 Å². The fourth-order valence-electron chi connectivity index (χ4n) is 1.96. The lowest BCUT2D eigenvalue weighted by atomic mass is 10.1. The molecule has 0 spiro atoms. The van der Waals surface area contributed by atoms with E-state index in [2.05, 4.69) is 22.1 Å². The number of aromatic nitrogens is 3. The molecule has 0 aliphatic carbocycles. The van der Waals surface area contributed by atoms with E-state index in [0.29, 0.717) is 0 Å². The molecule has 0 radical (unpaired) electrons. The maximum Gasteiger partial charge on any atom is 0.208 e. The van der Waals surface area contributed by atoms with Crippen LogP contribution in [0.1, 0.15) is 70.5 Å². The highest BCUT2D eigenvalue weighted by Crippen LogP contribution is 2.16. The van der Waals surface area contributed by atoms with Gasteiger partial charge >= 0.3 is 0 Å². The lowest BCUT2D eigenvalue weighted by Gasteiger charge is -2.01. The molecule has 3 nitrogen and oxygen atoms in total. The number of hydrogen-bond donors (Lipinski definition) is 1. The van der Waals surface area contributed by atoms with E-state index in [4.69, 9.17) is 0 Å². The Morgan fingerprint density at radius 3 is 2.11 bits per heavy atom. The van der Waals surface area contributed by atoms with E-state index in [-0.39, 0.29) is 0 Å². The molecule has 0 aromatic carbocycles. The third-order valence-electron chi connectivity index (χ3n) is 3.06. The zero-order valence-corrected chi connectivity index (χ0v) is 12.7. The van der Waals surface area contributed by atoms with Crippen molar-refractivity contribution in [3.8, 4) is 0 Å². The Labute approximate surface area is 116 Å². The second-order valence-electron chi connectivity index (χ2n) is 4.88. The van der Waals surface area contributed by atoms with Crippen molar-refractivity contribution in [2.24, 2.45) is 0 Å². The summed E-state index contributed by atoms with van der Waals surface area (Å²) >= 11 is 1.76. The van der Waals surface area contributed by atoms with Crippen molar-refractivity contribution in [3.63, 3.8) is 0 Å². The summed E-state index contributed by atoms with van der Waals surface area (Å²) in [5.74, 6) is 2.05. The van der Waals surface area contributed by atoms with Gasteiger partial charge in [0.2, 0.25) is 5.16 Å². The van der Waals surface area contributed by atoms with Gasteiger partial charge < -0.3 is 0 Å². The Balaban J connectivity index is 1.81. The summed E-state index contributed by atoms with van der Waals surface area (Å²) in [4.78, 5) is 4.28. The third-order valence-corrected chi connectivity index (χ3v) is 3.99. The summed E-state index contributed by atoms with van der Waals surface area (Å²) in [6, 6.07) is 0. The molecule has 18 heavy (non-hydrogen) atoms. The molecule has 0 amide bonds. The number of rotatable bonds is 11. The fraction of sp³-hybridized carbons (Fsp3) is 0.857. The van der Waals surface area contributed by atoms with Gasteiger partial charge in [0.15, 0.2) is 0 Å². The normalized spacial score (nSPS) is 11.0. The van der Waals surface area contributed by atoms with Gasteiger partial charge in [0.25, 0.3) is 0 Å². The highest BCUT2D eigenvalue weighted by molar-refractivity contribution is 7.99. The van der Waals surface area contributed by atoms with Crippen molar-refractivity contribution in [2.75, 3.05) is 5.75 Å². The highest BCUT2D eigenvalue weighted by Gasteiger charge is 1.99. The lowest BCUT2D eigenvalue weighted by Crippen LogP contribution is -1.84. The molecule has 0 aliphatic rings. The monoisotopic (exact) mass is 269 g/mol. The van der Waals surface area contributed by atoms with Gasteiger partial charge in [-0.3, -0.25) is 5.10 Å². The van der Waals surface area contributed by atoms with Crippen LogP contribution in [0.2, 0.25) is 0 Å². The highest BCUT2D eigenvalue weighted by atomic mass is 32.2. The predicted octanol–water partition coefficient (Wildman–Crippen LogP) is 4.74. The van der Waals surface area contributed by atoms with Crippen molar-refractivity contribution in [3.05, 3.63) is 5.82 Å². The van der Waals surface area contributed by atoms with Crippen molar-refractivity contribution in [2.45, 2.75) is 76.8 Å². The van der Waals surface area contributed by atoms with E-state index in [0.717, 1.165) is 16.7 Å². The number of H-pyrrole nitrogens is 1. The summed E-state index contributed by atoms with van der Waals surface area (Å²) in [5, 5.41) is 7.89. The molecule has 0 unspecified atom stereocenters. The molecule has 0 fully saturated rings. The number of hydrogen-bond acceptors (Lipinski definition) is 3. The maximum atomic E-state index is 4.28. The van der Waals surface area contributed by atoms with Crippen LogP contribution in [0.4, 0.5) is 0 Å². The zero-order valence-electron chi connectivity index (χ0n) is 11.9. The molecule has 104 valence electrons. The number of aromatic amines is 1. The van der Waals surface area contributed by atoms with Gasteiger partial charge in [-0.2, -0.15) is 0 Å². The van der Waals surface area contributed by atoms with Gasteiger partial charge in [0.1, 0.15) is 5.82 Å². The first kappa shape index (κ1) is 15.5. The Hall–Kier alpha value is -0.510. The number of nitrogens with one attached hydrogen (secondary N) is 1. The Morgan fingerprint density at radius 2 is 1.56 bits per heavy atom. The summed E-state index contributed by atoms with van der Waals surface area (Å²) < 4.78 is 0. The minimum Gasteiger partial charge on any atom is -0.262 e. The average molecular weight is 269 g/mol. The van der Waals surface area contributed by atoms with Crippen molar-refractivity contribution >= 4 is 11.8 Å². The van der Waals surface area contributed by atoms with Crippen LogP contribution in [0, 0.1) is 6.92 Å². The second kappa shape index (κ2) is 10.4. The Kier molecular flexibility index (Phi) is 9.00. The fourth-order valence-corrected chi connectivity index (χ4v) is 2.81. The SMILES string of the molecule is CCCCCCCCCCCSc1n[nH]c(C)n1. The molecule has 1 N–H and O–H groups in total. The molecule has 4 heteroatoms. The number of nitrogens with zero attached hydrogens (tertiary/aromatic N) is 2. The van der Waals surface area contributed by atoms with Crippen LogP contribution >= 0.6 is 11.8 Å². The van der Waals surface area contributed by atoms with Crippen LogP contribution in [0.5, 0.6) is 0 Å². The molecule has 0 saturated heterocycles. The number of thioether (sulfide) groups is 1. The van der Waals surface area contributed by atoms with Crippen molar-refractivity contribution in [1.82, 2.24) is 15.2 Å². The van der Waals surface area contributed by atoms with Gasteiger partial charge in [0.05, 0.1) is 0 Å². The smallest absolute Gasteiger partial charge is 0.208 e. The molecule has 0 atom stereocenters. The minimum atomic E-state index is 0.895. The standard InChI is InChI=1S/C14H27N3S/c1-3-4-5-6-7-8-9-10-11-12-18-14-15-13(2)16-17-14/h3-12H2,1-2H3,(H,15,16,17). The van der Waals surface area contributed by atoms with E-state index in [9.17, 15) is 0 Å². The molecule has 1 aromatic rings. The van der Waals surface area contributed by atoms with Crippen LogP contribution in [0.3, 0.4) is 0 Å². The molecule has 0 saturated carbocycles. The Morgan fingerprint density at radius 1 is 0.944 bits per heavy atom. The summed E-state index contributed by atoms with van der Waals surface area (Å²) in [5.41, 5.74) is 0. The van der Waals surface area contributed by atoms with Gasteiger partial charge in [-0.05, 0) is 13.3 Å². The van der Waals surface area contributed by atoms with Crippen LogP contribution < -0.4 is 0 Å². The molecule has 1 heterocycles. The van der Waals surface area contributed by atoms with E-state index < -0.39 is 0 Å². The minimum absolute atomic E-state index is 0.895. The van der Waals surface area contributed by atoms with E-state index in [1.807, 2.05) is 6.92 Å². The van der Waals surface area contributed by atoms with Crippen LogP contribution in [0.15, 0.2) is 5.16 Å². The molecule has 0 bridgehead atoms. The second-order valence-corrected chi connectivity index (χ2v) is 5.94. The predicted molar refractivity (Wildman–Crippen MR) is 79.1 cm³/mol. The zero-order chi connectivity index (χ0) is 13.1. The molecule has 0 aliphatic heterocycles. The summed E-state index contributed by atoms with van der Waals surface area (Å²) in [7, 11) is 0. The molecule has 1 rings (SSSR count). The molecular formula is C14H27N3S. The largest absolute Gasteiger partial charge is 0.262 e. The van der Waals surface area contributed by atoms with E-state index >= 15 is 0 Å². The average Bonchev–Trinajstić information content (AvgIpc) is 2.77. The quantitative estimate of drug-likeness (QED) is 0.466. The lowest BCUT2D eigenvalue weighted by molar-refractivity contribution is 0.573. The Bertz CT molecular complexity index is 299. The maximum absolute atomic E-state index is 4.28. The van der Waals surface area contributed by atoms with Gasteiger partial charge in [-0.25, -0.2) is 4.98 Å². The van der Waals surface area contributed by atoms with Crippen LogP contribution in [0.25, 0.3) is 0 Å². The van der Waals surface area contributed by atoms with Crippen molar-refractivity contribution in [1.29, 1.82) is 0 Å². The molecule has 1 aromatic heterocycles. The first-order valence-electron chi connectivity index (χ1n) is 7.34. The summed E-state index contributed by atoms with van der Waals surface area (Å²) in [6.45, 7) is 4.21. The summed E-state index contributed by atoms with van der Waals surface area (Å²) in [6.07, 6.45) is 12.5. The first-order chi connectivity index (χ1) is 8.83. The topological polar surface area (TPSA) is 41.6 Å². The van der Waals surface area contributed by atoms with Gasteiger partial charge in [-0.1, -0.05) is 70.1 Å². The number of unbranched alkanes of at least 4 members (excludes halogenated alkanes) is 8. The van der Waals surface area contributed by atoms with E-state index in [1.165, 1.54) is 57.8 Å². The third kappa shape index (κ3) is 7.75. The van der Waals surface area contributed by atoms with Gasteiger partial charge in [0, 0.05) is 5.75 Å². The first-order valence-corrected chi connectivity index (χ1v) is 8.33. The molecular weight excluding hydrogens is 242 g/mol. The van der Waals surface area contributed by atoms with Crippen molar-refractivity contribution < 1.29 is 0 Å². The number of aryl methyl sites for hydroxylation is 1.